The van der Waals surface area contributed by atoms with E-state index >= 15 is 0 Å². The Kier molecular flexibility index (Phi) is 5.55. The zero-order valence-electron chi connectivity index (χ0n) is 13.3. The monoisotopic (exact) mass is 332 g/mol. The molecule has 2 rings (SSSR count). The summed E-state index contributed by atoms with van der Waals surface area (Å²) in [4.78, 5) is 11.5. The van der Waals surface area contributed by atoms with E-state index < -0.39 is 9.84 Å². The lowest BCUT2D eigenvalue weighted by atomic mass is 10.1. The van der Waals surface area contributed by atoms with E-state index in [-0.39, 0.29) is 11.5 Å². The highest BCUT2D eigenvalue weighted by Gasteiger charge is 2.11. The van der Waals surface area contributed by atoms with Crippen LogP contribution in [0.3, 0.4) is 0 Å². The number of ether oxygens (including phenoxy) is 1. The molecule has 0 aromatic heterocycles. The number of rotatable bonds is 7. The standard InChI is InChI=1S/C18H20O4S/c1-14(19)16-8-9-18(17(12-16)10-11-23(2,20)21)22-13-15-6-4-3-5-7-15/h3-9,12H,10-11,13H2,1-2H3. The van der Waals surface area contributed by atoms with Crippen LogP contribution >= 0.6 is 0 Å². The predicted molar refractivity (Wildman–Crippen MR) is 90.6 cm³/mol. The summed E-state index contributed by atoms with van der Waals surface area (Å²) in [5.74, 6) is 0.582. The van der Waals surface area contributed by atoms with Crippen molar-refractivity contribution in [1.82, 2.24) is 0 Å². The Bertz CT molecular complexity index is 780. The zero-order valence-corrected chi connectivity index (χ0v) is 14.1. The molecule has 0 radical (unpaired) electrons. The summed E-state index contributed by atoms with van der Waals surface area (Å²) in [6.07, 6.45) is 1.52. The lowest BCUT2D eigenvalue weighted by Gasteiger charge is -2.12. The topological polar surface area (TPSA) is 60.4 Å². The molecule has 0 unspecified atom stereocenters. The van der Waals surface area contributed by atoms with Crippen LogP contribution in [0.15, 0.2) is 48.5 Å². The smallest absolute Gasteiger partial charge is 0.159 e. The predicted octanol–water partition coefficient (Wildman–Crippen LogP) is 3.06. The summed E-state index contributed by atoms with van der Waals surface area (Å²) in [6.45, 7) is 1.88. The van der Waals surface area contributed by atoms with Gasteiger partial charge in [0.05, 0.1) is 5.75 Å². The third kappa shape index (κ3) is 5.53. The van der Waals surface area contributed by atoms with Gasteiger partial charge < -0.3 is 4.74 Å². The number of aryl methyl sites for hydroxylation is 1. The van der Waals surface area contributed by atoms with E-state index in [0.29, 0.717) is 24.3 Å². The minimum Gasteiger partial charge on any atom is -0.489 e. The van der Waals surface area contributed by atoms with Crippen molar-refractivity contribution in [1.29, 1.82) is 0 Å². The van der Waals surface area contributed by atoms with Crippen molar-refractivity contribution in [3.05, 3.63) is 65.2 Å². The number of Topliss-reactive ketones (excluding diaryl/α,β-unsaturated/α-hetero) is 1. The number of hydrogen-bond donors (Lipinski definition) is 0. The third-order valence-electron chi connectivity index (χ3n) is 3.45. The van der Waals surface area contributed by atoms with Gasteiger partial charge in [-0.1, -0.05) is 30.3 Å². The van der Waals surface area contributed by atoms with E-state index in [2.05, 4.69) is 0 Å². The molecule has 0 aliphatic carbocycles. The molecule has 5 heteroatoms. The van der Waals surface area contributed by atoms with Crippen molar-refractivity contribution in [2.45, 2.75) is 20.0 Å². The maximum absolute atomic E-state index is 11.5. The largest absolute Gasteiger partial charge is 0.489 e. The van der Waals surface area contributed by atoms with Crippen molar-refractivity contribution in [3.63, 3.8) is 0 Å². The fraction of sp³-hybridized carbons (Fsp3) is 0.278. The van der Waals surface area contributed by atoms with Crippen LogP contribution in [0.25, 0.3) is 0 Å². The van der Waals surface area contributed by atoms with Crippen LogP contribution in [0, 0.1) is 0 Å². The van der Waals surface area contributed by atoms with Crippen LogP contribution < -0.4 is 4.74 Å². The lowest BCUT2D eigenvalue weighted by molar-refractivity contribution is 0.101. The van der Waals surface area contributed by atoms with Gasteiger partial charge in [0, 0.05) is 11.8 Å². The van der Waals surface area contributed by atoms with Crippen molar-refractivity contribution < 1.29 is 17.9 Å². The van der Waals surface area contributed by atoms with E-state index in [1.807, 2.05) is 30.3 Å². The second-order valence-electron chi connectivity index (χ2n) is 5.53. The first kappa shape index (κ1) is 17.2. The molecule has 0 spiro atoms. The summed E-state index contributed by atoms with van der Waals surface area (Å²) in [7, 11) is -3.08. The quantitative estimate of drug-likeness (QED) is 0.731. The SMILES string of the molecule is CC(=O)c1ccc(OCc2ccccc2)c(CCS(C)(=O)=O)c1. The lowest BCUT2D eigenvalue weighted by Crippen LogP contribution is -2.08. The number of hydrogen-bond acceptors (Lipinski definition) is 4. The first-order chi connectivity index (χ1) is 10.8. The minimum atomic E-state index is -3.08. The molecule has 0 heterocycles. The van der Waals surface area contributed by atoms with Crippen LogP contribution in [0.4, 0.5) is 0 Å². The van der Waals surface area contributed by atoms with Gasteiger partial charge in [0.25, 0.3) is 0 Å². The molecule has 2 aromatic rings. The van der Waals surface area contributed by atoms with Crippen LogP contribution in [-0.2, 0) is 22.9 Å². The van der Waals surface area contributed by atoms with Gasteiger partial charge in [-0.05, 0) is 42.7 Å². The average Bonchev–Trinajstić information content (AvgIpc) is 2.51. The Morgan fingerprint density at radius 2 is 1.78 bits per heavy atom. The van der Waals surface area contributed by atoms with Gasteiger partial charge in [-0.15, -0.1) is 0 Å². The van der Waals surface area contributed by atoms with Gasteiger partial charge >= 0.3 is 0 Å². The normalized spacial score (nSPS) is 11.2. The van der Waals surface area contributed by atoms with Gasteiger partial charge in [-0.25, -0.2) is 8.42 Å². The van der Waals surface area contributed by atoms with E-state index in [0.717, 1.165) is 11.1 Å². The van der Waals surface area contributed by atoms with Crippen LogP contribution in [0.2, 0.25) is 0 Å². The van der Waals surface area contributed by atoms with Gasteiger partial charge in [-0.2, -0.15) is 0 Å². The van der Waals surface area contributed by atoms with Crippen molar-refractivity contribution >= 4 is 15.6 Å². The van der Waals surface area contributed by atoms with E-state index in [9.17, 15) is 13.2 Å². The zero-order chi connectivity index (χ0) is 16.9. The van der Waals surface area contributed by atoms with Crippen LogP contribution in [0.1, 0.15) is 28.4 Å². The van der Waals surface area contributed by atoms with E-state index in [4.69, 9.17) is 4.74 Å². The van der Waals surface area contributed by atoms with Crippen molar-refractivity contribution in [3.8, 4) is 5.75 Å². The highest BCUT2D eigenvalue weighted by atomic mass is 32.2. The molecule has 0 saturated heterocycles. The first-order valence-corrected chi connectivity index (χ1v) is 9.39. The molecule has 0 aliphatic rings. The van der Waals surface area contributed by atoms with Crippen molar-refractivity contribution in [2.75, 3.05) is 12.0 Å². The van der Waals surface area contributed by atoms with Crippen LogP contribution in [0.5, 0.6) is 5.75 Å². The Hall–Kier alpha value is -2.14. The molecular formula is C18H20O4S. The molecule has 0 atom stereocenters. The van der Waals surface area contributed by atoms with Gasteiger partial charge in [0.2, 0.25) is 0 Å². The first-order valence-electron chi connectivity index (χ1n) is 7.33. The second kappa shape index (κ2) is 7.42. The molecule has 4 nitrogen and oxygen atoms in total. The maximum Gasteiger partial charge on any atom is 0.159 e. The molecule has 23 heavy (non-hydrogen) atoms. The fourth-order valence-electron chi connectivity index (χ4n) is 2.17. The number of benzene rings is 2. The van der Waals surface area contributed by atoms with Gasteiger partial charge in [0.15, 0.2) is 5.78 Å². The summed E-state index contributed by atoms with van der Waals surface area (Å²) < 4.78 is 28.6. The average molecular weight is 332 g/mol. The molecule has 0 amide bonds. The molecule has 0 fully saturated rings. The van der Waals surface area contributed by atoms with E-state index in [1.54, 1.807) is 18.2 Å². The minimum absolute atomic E-state index is 0.0239. The Morgan fingerprint density at radius 1 is 1.09 bits per heavy atom. The third-order valence-corrected chi connectivity index (χ3v) is 4.39. The summed E-state index contributed by atoms with van der Waals surface area (Å²) >= 11 is 0. The summed E-state index contributed by atoms with van der Waals surface area (Å²) in [5, 5.41) is 0. The number of ketones is 1. The molecule has 0 bridgehead atoms. The molecule has 0 aliphatic heterocycles. The van der Waals surface area contributed by atoms with Gasteiger partial charge in [-0.3, -0.25) is 4.79 Å². The molecule has 0 saturated carbocycles. The number of carbonyl (C=O) groups excluding carboxylic acids is 1. The van der Waals surface area contributed by atoms with Crippen LogP contribution in [-0.4, -0.2) is 26.2 Å². The highest BCUT2D eigenvalue weighted by Crippen LogP contribution is 2.23. The maximum atomic E-state index is 11.5. The fourth-order valence-corrected chi connectivity index (χ4v) is 2.76. The number of carbonyl (C=O) groups is 1. The number of sulfone groups is 1. The van der Waals surface area contributed by atoms with E-state index in [1.165, 1.54) is 13.2 Å². The molecule has 0 N–H and O–H groups in total. The highest BCUT2D eigenvalue weighted by molar-refractivity contribution is 7.90. The summed E-state index contributed by atoms with van der Waals surface area (Å²) in [6, 6.07) is 14.9. The second-order valence-corrected chi connectivity index (χ2v) is 7.79. The molecular weight excluding hydrogens is 312 g/mol. The summed E-state index contributed by atoms with van der Waals surface area (Å²) in [5.41, 5.74) is 2.32. The van der Waals surface area contributed by atoms with Crippen molar-refractivity contribution in [2.24, 2.45) is 0 Å². The molecule has 2 aromatic carbocycles. The Morgan fingerprint density at radius 3 is 2.39 bits per heavy atom. The Balaban J connectivity index is 2.20. The van der Waals surface area contributed by atoms with Gasteiger partial charge in [0.1, 0.15) is 22.2 Å². The Labute approximate surface area is 137 Å². The molecule has 122 valence electrons.